The van der Waals surface area contributed by atoms with Crippen LogP contribution in [0.1, 0.15) is 16.7 Å². The van der Waals surface area contributed by atoms with Gasteiger partial charge in [0.25, 0.3) is 0 Å². The minimum absolute atomic E-state index is 0.282. The van der Waals surface area contributed by atoms with Gasteiger partial charge in [-0.15, -0.1) is 0 Å². The number of fused-ring (bicyclic) bond motifs is 1. The molecule has 164 valence electrons. The predicted octanol–water partition coefficient (Wildman–Crippen LogP) is 5.84. The van der Waals surface area contributed by atoms with E-state index in [0.29, 0.717) is 28.8 Å². The Hall–Kier alpha value is -2.99. The Morgan fingerprint density at radius 2 is 1.78 bits per heavy atom. The van der Waals surface area contributed by atoms with E-state index in [9.17, 15) is 9.90 Å². The summed E-state index contributed by atoms with van der Waals surface area (Å²) in [6, 6.07) is 19.9. The molecule has 0 aliphatic rings. The Balaban J connectivity index is 1.44. The molecule has 1 unspecified atom stereocenters. The Labute approximate surface area is 195 Å². The third-order valence-electron chi connectivity index (χ3n) is 5.31. The first-order chi connectivity index (χ1) is 15.5. The zero-order chi connectivity index (χ0) is 22.5. The number of hydrogen-bond acceptors (Lipinski definition) is 3. The molecule has 0 spiro atoms. The van der Waals surface area contributed by atoms with Gasteiger partial charge >= 0.3 is 5.97 Å². The molecule has 0 amide bonds. The summed E-state index contributed by atoms with van der Waals surface area (Å²) in [5, 5.41) is 15.1. The lowest BCUT2D eigenvalue weighted by molar-refractivity contribution is -0.139. The minimum Gasteiger partial charge on any atom is -0.489 e. The van der Waals surface area contributed by atoms with Crippen LogP contribution in [0.2, 0.25) is 10.0 Å². The van der Waals surface area contributed by atoms with Gasteiger partial charge in [0.2, 0.25) is 0 Å². The van der Waals surface area contributed by atoms with Gasteiger partial charge in [0.1, 0.15) is 18.4 Å². The van der Waals surface area contributed by atoms with Crippen molar-refractivity contribution in [3.8, 4) is 5.75 Å². The lowest BCUT2D eigenvalue weighted by atomic mass is 10.0. The fourth-order valence-corrected chi connectivity index (χ4v) is 4.05. The SMILES string of the molecule is O=C(O)C(Cc1c[nH]c2ccccc12)NCc1ccccc1OCc1ccc(Cl)cc1Cl. The monoisotopic (exact) mass is 468 g/mol. The molecule has 0 saturated heterocycles. The number of carboxylic acid groups (broad SMARTS) is 1. The average molecular weight is 469 g/mol. The molecule has 0 aliphatic carbocycles. The maximum absolute atomic E-state index is 11.9. The van der Waals surface area contributed by atoms with Crippen LogP contribution in [-0.2, 0) is 24.4 Å². The summed E-state index contributed by atoms with van der Waals surface area (Å²) in [7, 11) is 0. The van der Waals surface area contributed by atoms with Gasteiger partial charge in [-0.3, -0.25) is 10.1 Å². The molecule has 32 heavy (non-hydrogen) atoms. The molecule has 4 rings (SSSR count). The first-order valence-corrected chi connectivity index (χ1v) is 10.9. The summed E-state index contributed by atoms with van der Waals surface area (Å²) in [5.74, 6) is -0.233. The standard InChI is InChI=1S/C25H22Cl2N2O3/c26-19-10-9-17(21(27)12-19)15-32-24-8-4-1-5-16(24)13-29-23(25(30)31)11-18-14-28-22-7-3-2-6-20(18)22/h1-10,12,14,23,28-29H,11,13,15H2,(H,30,31). The molecule has 3 N–H and O–H groups in total. The summed E-state index contributed by atoms with van der Waals surface area (Å²) < 4.78 is 5.98. The van der Waals surface area contributed by atoms with E-state index < -0.39 is 12.0 Å². The molecule has 0 radical (unpaired) electrons. The van der Waals surface area contributed by atoms with Crippen molar-refractivity contribution in [2.24, 2.45) is 0 Å². The zero-order valence-electron chi connectivity index (χ0n) is 17.1. The van der Waals surface area contributed by atoms with E-state index in [-0.39, 0.29) is 6.61 Å². The van der Waals surface area contributed by atoms with Gasteiger partial charge in [0.15, 0.2) is 0 Å². The summed E-state index contributed by atoms with van der Waals surface area (Å²) in [6.45, 7) is 0.633. The molecule has 1 aromatic heterocycles. The maximum Gasteiger partial charge on any atom is 0.321 e. The second-order valence-corrected chi connectivity index (χ2v) is 8.31. The number of benzene rings is 3. The average Bonchev–Trinajstić information content (AvgIpc) is 3.19. The fourth-order valence-electron chi connectivity index (χ4n) is 3.59. The number of para-hydroxylation sites is 2. The zero-order valence-corrected chi connectivity index (χ0v) is 18.7. The van der Waals surface area contributed by atoms with Gasteiger partial charge in [0.05, 0.1) is 0 Å². The van der Waals surface area contributed by atoms with Crippen LogP contribution in [0.3, 0.4) is 0 Å². The molecule has 1 heterocycles. The second kappa shape index (κ2) is 10.1. The van der Waals surface area contributed by atoms with Gasteiger partial charge < -0.3 is 14.8 Å². The number of ether oxygens (including phenoxy) is 1. The predicted molar refractivity (Wildman–Crippen MR) is 128 cm³/mol. The van der Waals surface area contributed by atoms with Crippen LogP contribution in [0.15, 0.2) is 72.9 Å². The highest BCUT2D eigenvalue weighted by molar-refractivity contribution is 6.35. The van der Waals surface area contributed by atoms with E-state index in [0.717, 1.165) is 27.6 Å². The highest BCUT2D eigenvalue weighted by Gasteiger charge is 2.20. The number of hydrogen-bond donors (Lipinski definition) is 3. The first-order valence-electron chi connectivity index (χ1n) is 10.2. The van der Waals surface area contributed by atoms with Crippen LogP contribution in [0.5, 0.6) is 5.75 Å². The minimum atomic E-state index is -0.901. The van der Waals surface area contributed by atoms with Crippen molar-refractivity contribution in [2.75, 3.05) is 0 Å². The van der Waals surface area contributed by atoms with Crippen LogP contribution in [0.4, 0.5) is 0 Å². The molecule has 0 saturated carbocycles. The molecule has 3 aromatic carbocycles. The maximum atomic E-state index is 11.9. The van der Waals surface area contributed by atoms with Crippen LogP contribution >= 0.6 is 23.2 Å². The Morgan fingerprint density at radius 3 is 2.59 bits per heavy atom. The molecule has 0 fully saturated rings. The van der Waals surface area contributed by atoms with E-state index in [2.05, 4.69) is 10.3 Å². The van der Waals surface area contributed by atoms with Crippen molar-refractivity contribution in [1.29, 1.82) is 0 Å². The third-order valence-corrected chi connectivity index (χ3v) is 5.89. The first kappa shape index (κ1) is 22.2. The van der Waals surface area contributed by atoms with Crippen LogP contribution in [0, 0.1) is 0 Å². The fraction of sp³-hybridized carbons (Fsp3) is 0.160. The highest BCUT2D eigenvalue weighted by Crippen LogP contribution is 2.25. The van der Waals surface area contributed by atoms with Crippen molar-refractivity contribution < 1.29 is 14.6 Å². The number of aliphatic carboxylic acids is 1. The molecule has 5 nitrogen and oxygen atoms in total. The van der Waals surface area contributed by atoms with E-state index in [1.807, 2.05) is 60.8 Å². The number of H-pyrrole nitrogens is 1. The molecule has 0 aliphatic heterocycles. The smallest absolute Gasteiger partial charge is 0.321 e. The lowest BCUT2D eigenvalue weighted by Gasteiger charge is -2.17. The summed E-state index contributed by atoms with van der Waals surface area (Å²) >= 11 is 12.2. The Kier molecular flexibility index (Phi) is 7.00. The molecular formula is C25H22Cl2N2O3. The topological polar surface area (TPSA) is 74.3 Å². The summed E-state index contributed by atoms with van der Waals surface area (Å²) in [6.07, 6.45) is 2.23. The van der Waals surface area contributed by atoms with E-state index >= 15 is 0 Å². The van der Waals surface area contributed by atoms with E-state index in [4.69, 9.17) is 27.9 Å². The van der Waals surface area contributed by atoms with Crippen molar-refractivity contribution >= 4 is 40.1 Å². The van der Waals surface area contributed by atoms with E-state index in [1.165, 1.54) is 0 Å². The quantitative estimate of drug-likeness (QED) is 0.288. The second-order valence-electron chi connectivity index (χ2n) is 7.47. The Bertz CT molecular complexity index is 1240. The summed E-state index contributed by atoms with van der Waals surface area (Å²) in [4.78, 5) is 15.1. The summed E-state index contributed by atoms with van der Waals surface area (Å²) in [5.41, 5.74) is 3.64. The molecule has 4 aromatic rings. The van der Waals surface area contributed by atoms with Gasteiger partial charge in [0, 0.05) is 51.2 Å². The number of nitrogens with one attached hydrogen (secondary N) is 2. The number of aromatic nitrogens is 1. The van der Waals surface area contributed by atoms with Crippen LogP contribution in [0.25, 0.3) is 10.9 Å². The number of rotatable bonds is 9. The lowest BCUT2D eigenvalue weighted by Crippen LogP contribution is -2.38. The van der Waals surface area contributed by atoms with Crippen molar-refractivity contribution in [2.45, 2.75) is 25.6 Å². The Morgan fingerprint density at radius 1 is 1.00 bits per heavy atom. The molecule has 7 heteroatoms. The molecular weight excluding hydrogens is 447 g/mol. The van der Waals surface area contributed by atoms with Gasteiger partial charge in [-0.05, 0) is 29.8 Å². The van der Waals surface area contributed by atoms with E-state index in [1.54, 1.807) is 12.1 Å². The molecule has 1 atom stereocenters. The molecule has 0 bridgehead atoms. The van der Waals surface area contributed by atoms with Crippen molar-refractivity contribution in [1.82, 2.24) is 10.3 Å². The largest absolute Gasteiger partial charge is 0.489 e. The van der Waals surface area contributed by atoms with Crippen LogP contribution < -0.4 is 10.1 Å². The number of halogens is 2. The van der Waals surface area contributed by atoms with Gasteiger partial charge in [-0.1, -0.05) is 65.7 Å². The van der Waals surface area contributed by atoms with Crippen molar-refractivity contribution in [3.05, 3.63) is 99.7 Å². The third kappa shape index (κ3) is 5.25. The van der Waals surface area contributed by atoms with Gasteiger partial charge in [-0.25, -0.2) is 0 Å². The highest BCUT2D eigenvalue weighted by atomic mass is 35.5. The number of aromatic amines is 1. The number of carboxylic acids is 1. The van der Waals surface area contributed by atoms with Gasteiger partial charge in [-0.2, -0.15) is 0 Å². The normalized spacial score (nSPS) is 12.1. The number of carbonyl (C=O) groups is 1. The van der Waals surface area contributed by atoms with Crippen LogP contribution in [-0.4, -0.2) is 22.1 Å². The van der Waals surface area contributed by atoms with Crippen molar-refractivity contribution in [3.63, 3.8) is 0 Å².